The molecule has 25 heterocycles. The van der Waals surface area contributed by atoms with Crippen LogP contribution in [0.3, 0.4) is 0 Å². The fraction of sp³-hybridized carbons (Fsp3) is 0.0959. The summed E-state index contributed by atoms with van der Waals surface area (Å²) in [7, 11) is 2.05. The van der Waals surface area contributed by atoms with Crippen molar-refractivity contribution in [3.8, 4) is 61.9 Å². The Kier molecular flexibility index (Phi) is 11.3. The minimum absolute atomic E-state index is 0.477. The molecule has 490 valence electrons. The lowest BCUT2D eigenvalue weighted by atomic mass is 10.2. The van der Waals surface area contributed by atoms with E-state index in [1.54, 1.807) is 69.8 Å². The molecule has 103 heavy (non-hydrogen) atoms. The molecule has 5 aliphatic heterocycles. The van der Waals surface area contributed by atoms with E-state index in [2.05, 4.69) is 126 Å². The van der Waals surface area contributed by atoms with Crippen LogP contribution in [0.2, 0.25) is 0 Å². The van der Waals surface area contributed by atoms with Crippen LogP contribution in [0.25, 0.3) is 146 Å². The van der Waals surface area contributed by atoms with Gasteiger partial charge in [0.15, 0.2) is 5.01 Å². The minimum Gasteiger partial charge on any atom is -0.395 e. The Bertz CT molecular complexity index is 7090. The maximum absolute atomic E-state index is 7.99. The van der Waals surface area contributed by atoms with Crippen LogP contribution in [-0.4, -0.2) is 112 Å². The van der Waals surface area contributed by atoms with Gasteiger partial charge in [-0.25, -0.2) is 32.0 Å². The lowest BCUT2D eigenvalue weighted by Crippen LogP contribution is -2.32. The van der Waals surface area contributed by atoms with Gasteiger partial charge in [0.25, 0.3) is 28.2 Å². The van der Waals surface area contributed by atoms with Crippen molar-refractivity contribution in [2.24, 2.45) is 14.0 Å². The molecule has 21 aromatic rings. The first-order valence-electron chi connectivity index (χ1n) is 34.5. The molecule has 5 aliphatic rings. The van der Waals surface area contributed by atoms with Crippen molar-refractivity contribution >= 4 is 95.3 Å². The number of fused-ring (bicyclic) bond motifs is 35. The van der Waals surface area contributed by atoms with Gasteiger partial charge in [-0.2, -0.15) is 43.4 Å². The van der Waals surface area contributed by atoms with E-state index in [-0.39, 0.29) is 0 Å². The molecular weight excluding hydrogens is 1320 g/mol. The fourth-order valence-electron chi connectivity index (χ4n) is 15.0. The molecule has 0 unspecified atom stereocenters. The van der Waals surface area contributed by atoms with E-state index in [0.29, 0.717) is 41.6 Å². The van der Waals surface area contributed by atoms with Crippen molar-refractivity contribution in [3.05, 3.63) is 242 Å². The molecule has 0 atom stereocenters. The number of thiazole rings is 1. The predicted octanol–water partition coefficient (Wildman–Crippen LogP) is 7.09. The van der Waals surface area contributed by atoms with Gasteiger partial charge in [-0.05, 0) is 113 Å². The SMILES string of the molecule is C[n+]1c2n(c3nc4cccnn4c31)Cc1ncccc1-2.[2H]C([2H])([2H])[n+]1c2n(c3nc4cccnn4c31)Cc1ncccc1-2.c1ccc(-n2c3[n+](c4nc5cccnn5c42)Cc2ncccc2-3)cc1.c1cnc2c(c1)-c1oc3c(nc4cccnn43)[n+]1C2.c1cnc2c(c1)-c1sc3c(nc4cccnn43)[n+]1C2. The molecule has 0 fully saturated rings. The van der Waals surface area contributed by atoms with E-state index < -0.39 is 6.98 Å². The third kappa shape index (κ3) is 8.27. The first-order valence-corrected chi connectivity index (χ1v) is 33.8. The summed E-state index contributed by atoms with van der Waals surface area (Å²) >= 11 is 1.73. The second-order valence-electron chi connectivity index (χ2n) is 25.0. The van der Waals surface area contributed by atoms with Gasteiger partial charge in [-0.1, -0.05) is 34.5 Å². The number of rotatable bonds is 1. The van der Waals surface area contributed by atoms with Crippen molar-refractivity contribution in [1.29, 1.82) is 0 Å². The Hall–Kier alpha value is -14.2. The van der Waals surface area contributed by atoms with Crippen LogP contribution in [0.15, 0.2) is 218 Å². The zero-order valence-corrected chi connectivity index (χ0v) is 54.9. The minimum atomic E-state index is -2.34. The number of hydrogen-bond acceptors (Lipinski definition) is 17. The summed E-state index contributed by atoms with van der Waals surface area (Å²) in [6, 6.07) is 49.3. The Balaban J connectivity index is 0.0000000830. The molecule has 26 rings (SSSR count). The van der Waals surface area contributed by atoms with Crippen molar-refractivity contribution in [2.45, 2.75) is 32.7 Å². The van der Waals surface area contributed by atoms with Crippen LogP contribution in [0.4, 0.5) is 0 Å². The lowest BCUT2D eigenvalue weighted by Gasteiger charge is -2.03. The van der Waals surface area contributed by atoms with Gasteiger partial charge in [0.1, 0.15) is 38.4 Å². The second-order valence-corrected chi connectivity index (χ2v) is 26.0. The average molecular weight is 1370 g/mol. The molecule has 30 heteroatoms. The molecule has 0 radical (unpaired) electrons. The Morgan fingerprint density at radius 2 is 0.854 bits per heavy atom. The first-order chi connectivity index (χ1) is 52.1. The van der Waals surface area contributed by atoms with Gasteiger partial charge in [0.2, 0.25) is 39.2 Å². The highest BCUT2D eigenvalue weighted by atomic mass is 32.1. The van der Waals surface area contributed by atoms with Crippen LogP contribution in [-0.2, 0) is 46.7 Å². The number of nitrogens with zero attached hydrogens (tertiary/aromatic N) is 28. The number of benzene rings is 1. The van der Waals surface area contributed by atoms with Gasteiger partial charge in [0.05, 0.1) is 86.8 Å². The van der Waals surface area contributed by atoms with E-state index in [1.165, 1.54) is 20.7 Å². The number of aromatic nitrogens is 28. The van der Waals surface area contributed by atoms with E-state index in [0.717, 1.165) is 149 Å². The Morgan fingerprint density at radius 3 is 1.49 bits per heavy atom. The molecule has 0 N–H and O–H groups in total. The molecule has 0 amide bonds. The van der Waals surface area contributed by atoms with E-state index in [9.17, 15) is 0 Å². The Labute approximate surface area is 586 Å². The molecule has 0 spiro atoms. The Morgan fingerprint density at radius 1 is 0.398 bits per heavy atom. The molecule has 0 saturated carbocycles. The third-order valence-electron chi connectivity index (χ3n) is 19.3. The number of oxazole rings is 1. The second kappa shape index (κ2) is 21.7. The van der Waals surface area contributed by atoms with E-state index >= 15 is 0 Å². The summed E-state index contributed by atoms with van der Waals surface area (Å²) in [5.41, 5.74) is 23.1. The van der Waals surface area contributed by atoms with E-state index in [4.69, 9.17) is 18.5 Å². The molecule has 0 saturated heterocycles. The van der Waals surface area contributed by atoms with Gasteiger partial charge in [-0.15, -0.1) is 19.2 Å². The third-order valence-corrected chi connectivity index (χ3v) is 20.5. The lowest BCUT2D eigenvalue weighted by molar-refractivity contribution is -0.651. The standard InChI is InChI=1S/C19H13N6.2C14H11N6.C13H8N5O.C13H8N5S/c1-2-6-13(7-3-1)24-18-14-8-4-10-20-15(14)12-23(18)17-19(24)25-16(22-17)9-5-11-21-25;2*1-18-13-9-4-2-6-15-10(9)8-19(13)12-14(18)20-11(17-12)5-3-7-16-20;2*1-3-8-9(14-5-1)7-17-11-13(19-12(8)17)18-10(16-11)4-2-6-15-18/h1-11H,12H2;2*2-7H,8H2,1H3;2*1-6H,7H2/q5*+1/i;1D3;;;. The summed E-state index contributed by atoms with van der Waals surface area (Å²) in [4.78, 5) is 46.7. The van der Waals surface area contributed by atoms with Crippen molar-refractivity contribution < 1.29 is 31.4 Å². The van der Waals surface area contributed by atoms with Crippen LogP contribution in [0.1, 0.15) is 32.6 Å². The smallest absolute Gasteiger partial charge is 0.392 e. The zero-order chi connectivity index (χ0) is 70.2. The fourth-order valence-corrected chi connectivity index (χ4v) is 16.2. The molecule has 20 aromatic heterocycles. The highest BCUT2D eigenvalue weighted by Crippen LogP contribution is 2.38. The van der Waals surface area contributed by atoms with Crippen LogP contribution >= 0.6 is 11.3 Å². The van der Waals surface area contributed by atoms with Gasteiger partial charge >= 0.3 is 39.8 Å². The quantitative estimate of drug-likeness (QED) is 0.149. The molecule has 29 nitrogen and oxygen atoms in total. The molecular formula is C73H51N28OS+5. The van der Waals surface area contributed by atoms with Gasteiger partial charge in [0, 0.05) is 79.9 Å². The maximum Gasteiger partial charge on any atom is 0.392 e. The monoisotopic (exact) mass is 1370 g/mol. The van der Waals surface area contributed by atoms with E-state index in [1.807, 2.05) is 157 Å². The number of pyridine rings is 5. The number of imidazole rings is 8. The van der Waals surface area contributed by atoms with Gasteiger partial charge < -0.3 is 4.42 Å². The number of hydrogen-bond donors (Lipinski definition) is 0. The predicted molar refractivity (Wildman–Crippen MR) is 373 cm³/mol. The maximum atomic E-state index is 7.99. The topological polar surface area (TPSA) is 263 Å². The summed E-state index contributed by atoms with van der Waals surface area (Å²) < 4.78 is 55.2. The van der Waals surface area contributed by atoms with Gasteiger partial charge in [-0.3, -0.25) is 24.9 Å². The average Bonchev–Trinajstić information content (AvgIpc) is 1.34. The summed E-state index contributed by atoms with van der Waals surface area (Å²) in [5, 5.41) is 23.1. The molecule has 0 bridgehead atoms. The van der Waals surface area contributed by atoms with Crippen molar-refractivity contribution in [2.75, 3.05) is 0 Å². The van der Waals surface area contributed by atoms with Crippen LogP contribution in [0, 0.1) is 0 Å². The highest BCUT2D eigenvalue weighted by Gasteiger charge is 2.41. The largest absolute Gasteiger partial charge is 0.395 e. The molecule has 0 aliphatic carbocycles. The number of para-hydroxylation sites is 1. The van der Waals surface area contributed by atoms with Crippen LogP contribution in [0.5, 0.6) is 0 Å². The molecule has 1 aromatic carbocycles. The summed E-state index contributed by atoms with van der Waals surface area (Å²) in [6.07, 6.45) is 17.8. The first kappa shape index (κ1) is 53.8. The summed E-state index contributed by atoms with van der Waals surface area (Å²) in [5.74, 6) is 3.66. The summed E-state index contributed by atoms with van der Waals surface area (Å²) in [6.45, 7) is 1.16. The van der Waals surface area contributed by atoms with Crippen LogP contribution < -0.4 is 22.8 Å². The van der Waals surface area contributed by atoms with Crippen molar-refractivity contribution in [1.82, 2.24) is 112 Å². The number of aryl methyl sites for hydroxylation is 2. The zero-order valence-electron chi connectivity index (χ0n) is 57.1. The normalized spacial score (nSPS) is 13.5. The highest BCUT2D eigenvalue weighted by molar-refractivity contribution is 7.20. The van der Waals surface area contributed by atoms with Crippen molar-refractivity contribution in [3.63, 3.8) is 0 Å².